The first kappa shape index (κ1) is 11.2. The Morgan fingerprint density at radius 2 is 2.18 bits per heavy atom. The molecule has 0 saturated carbocycles. The number of hydrogen-bond acceptors (Lipinski definition) is 4. The lowest BCUT2D eigenvalue weighted by atomic mass is 9.95. The molecular weight excluding hydrogens is 216 g/mol. The largest absolute Gasteiger partial charge is 0.443 e. The Morgan fingerprint density at radius 3 is 2.94 bits per heavy atom. The third-order valence-electron chi connectivity index (χ3n) is 3.74. The van der Waals surface area contributed by atoms with E-state index in [1.807, 2.05) is 6.20 Å². The number of rotatable bonds is 3. The van der Waals surface area contributed by atoms with Gasteiger partial charge < -0.3 is 14.5 Å². The first-order valence-electron chi connectivity index (χ1n) is 6.69. The summed E-state index contributed by atoms with van der Waals surface area (Å²) in [6.07, 6.45) is 7.66. The standard InChI is InChI=1S/C13H20N2O2/c1-2-11(16-7-1)12-9-15-13(17-12)8-10-3-5-14-6-4-10/h9-11,14H,1-8H2. The Kier molecular flexibility index (Phi) is 3.43. The molecule has 3 heterocycles. The van der Waals surface area contributed by atoms with E-state index < -0.39 is 0 Å². The van der Waals surface area contributed by atoms with E-state index >= 15 is 0 Å². The van der Waals surface area contributed by atoms with Crippen molar-refractivity contribution < 1.29 is 9.15 Å². The molecule has 0 amide bonds. The second-order valence-corrected chi connectivity index (χ2v) is 5.06. The Morgan fingerprint density at radius 1 is 1.29 bits per heavy atom. The van der Waals surface area contributed by atoms with Crippen molar-refractivity contribution in [2.75, 3.05) is 19.7 Å². The van der Waals surface area contributed by atoms with E-state index in [4.69, 9.17) is 9.15 Å². The second-order valence-electron chi connectivity index (χ2n) is 5.06. The lowest BCUT2D eigenvalue weighted by Crippen LogP contribution is -2.28. The normalized spacial score (nSPS) is 26.5. The molecule has 1 aromatic heterocycles. The fourth-order valence-electron chi connectivity index (χ4n) is 2.70. The zero-order valence-electron chi connectivity index (χ0n) is 10.2. The molecule has 0 radical (unpaired) electrons. The molecule has 2 aliphatic rings. The first-order chi connectivity index (χ1) is 8.42. The average Bonchev–Trinajstić information content (AvgIpc) is 3.00. The van der Waals surface area contributed by atoms with E-state index in [2.05, 4.69) is 10.3 Å². The Labute approximate surface area is 102 Å². The highest BCUT2D eigenvalue weighted by Crippen LogP contribution is 2.29. The number of oxazole rings is 1. The molecule has 1 atom stereocenters. The van der Waals surface area contributed by atoms with Gasteiger partial charge in [0.2, 0.25) is 0 Å². The van der Waals surface area contributed by atoms with Crippen LogP contribution in [0.25, 0.3) is 0 Å². The number of piperidine rings is 1. The summed E-state index contributed by atoms with van der Waals surface area (Å²) in [6.45, 7) is 3.11. The van der Waals surface area contributed by atoms with Crippen LogP contribution in [0.2, 0.25) is 0 Å². The summed E-state index contributed by atoms with van der Waals surface area (Å²) in [4.78, 5) is 4.39. The predicted octanol–water partition coefficient (Wildman–Crippen LogP) is 2.07. The lowest BCUT2D eigenvalue weighted by molar-refractivity contribution is 0.0921. The maximum absolute atomic E-state index is 5.81. The zero-order chi connectivity index (χ0) is 11.5. The van der Waals surface area contributed by atoms with Gasteiger partial charge in [0.05, 0.1) is 6.20 Å². The van der Waals surface area contributed by atoms with Crippen LogP contribution in [0.15, 0.2) is 10.6 Å². The summed E-state index contributed by atoms with van der Waals surface area (Å²) in [5.41, 5.74) is 0. The molecule has 2 fully saturated rings. The van der Waals surface area contributed by atoms with Crippen LogP contribution in [0, 0.1) is 5.92 Å². The number of nitrogens with one attached hydrogen (secondary N) is 1. The SMILES string of the molecule is c1nc(CC2CCNCC2)oc1C1CCCO1. The minimum absolute atomic E-state index is 0.157. The maximum Gasteiger partial charge on any atom is 0.194 e. The zero-order valence-corrected chi connectivity index (χ0v) is 10.2. The highest BCUT2D eigenvalue weighted by atomic mass is 16.5. The molecule has 0 aromatic carbocycles. The molecule has 1 aromatic rings. The monoisotopic (exact) mass is 236 g/mol. The van der Waals surface area contributed by atoms with Crippen LogP contribution >= 0.6 is 0 Å². The van der Waals surface area contributed by atoms with Crippen LogP contribution in [0.1, 0.15) is 43.4 Å². The summed E-state index contributed by atoms with van der Waals surface area (Å²) in [6, 6.07) is 0. The van der Waals surface area contributed by atoms with Crippen molar-refractivity contribution in [3.05, 3.63) is 17.8 Å². The van der Waals surface area contributed by atoms with Crippen LogP contribution in [0.3, 0.4) is 0 Å². The fourth-order valence-corrected chi connectivity index (χ4v) is 2.70. The topological polar surface area (TPSA) is 47.3 Å². The molecule has 0 bridgehead atoms. The van der Waals surface area contributed by atoms with Gasteiger partial charge in [-0.1, -0.05) is 0 Å². The van der Waals surface area contributed by atoms with Gasteiger partial charge in [-0.25, -0.2) is 4.98 Å². The van der Waals surface area contributed by atoms with E-state index in [9.17, 15) is 0 Å². The van der Waals surface area contributed by atoms with E-state index in [0.29, 0.717) is 0 Å². The van der Waals surface area contributed by atoms with Gasteiger partial charge in [0.15, 0.2) is 11.7 Å². The summed E-state index contributed by atoms with van der Waals surface area (Å²) in [7, 11) is 0. The van der Waals surface area contributed by atoms with Crippen LogP contribution < -0.4 is 5.32 Å². The Bertz CT molecular complexity index is 352. The van der Waals surface area contributed by atoms with Gasteiger partial charge in [0, 0.05) is 13.0 Å². The quantitative estimate of drug-likeness (QED) is 0.872. The van der Waals surface area contributed by atoms with Gasteiger partial charge in [0.1, 0.15) is 6.10 Å². The van der Waals surface area contributed by atoms with Crippen LogP contribution in [-0.2, 0) is 11.2 Å². The molecule has 4 nitrogen and oxygen atoms in total. The molecule has 2 saturated heterocycles. The van der Waals surface area contributed by atoms with Crippen LogP contribution in [0.4, 0.5) is 0 Å². The average molecular weight is 236 g/mol. The number of aromatic nitrogens is 1. The van der Waals surface area contributed by atoms with Crippen molar-refractivity contribution >= 4 is 0 Å². The van der Waals surface area contributed by atoms with E-state index in [1.165, 1.54) is 12.8 Å². The van der Waals surface area contributed by atoms with Crippen molar-refractivity contribution in [3.8, 4) is 0 Å². The van der Waals surface area contributed by atoms with E-state index in [0.717, 1.165) is 56.5 Å². The van der Waals surface area contributed by atoms with Gasteiger partial charge in [-0.2, -0.15) is 0 Å². The van der Waals surface area contributed by atoms with Crippen LogP contribution in [0.5, 0.6) is 0 Å². The van der Waals surface area contributed by atoms with Crippen molar-refractivity contribution in [1.82, 2.24) is 10.3 Å². The molecule has 4 heteroatoms. The summed E-state index contributed by atoms with van der Waals surface area (Å²) in [5, 5.41) is 3.38. The first-order valence-corrected chi connectivity index (χ1v) is 6.69. The second kappa shape index (κ2) is 5.19. The summed E-state index contributed by atoms with van der Waals surface area (Å²) in [5.74, 6) is 2.54. The van der Waals surface area contributed by atoms with Gasteiger partial charge in [0.25, 0.3) is 0 Å². The maximum atomic E-state index is 5.81. The van der Waals surface area contributed by atoms with Crippen molar-refractivity contribution in [3.63, 3.8) is 0 Å². The van der Waals surface area contributed by atoms with Crippen molar-refractivity contribution in [2.45, 2.75) is 38.2 Å². The molecular formula is C13H20N2O2. The van der Waals surface area contributed by atoms with Gasteiger partial charge >= 0.3 is 0 Å². The number of ether oxygens (including phenoxy) is 1. The number of hydrogen-bond donors (Lipinski definition) is 1. The smallest absolute Gasteiger partial charge is 0.194 e. The molecule has 17 heavy (non-hydrogen) atoms. The molecule has 1 unspecified atom stereocenters. The molecule has 3 rings (SSSR count). The molecule has 94 valence electrons. The highest BCUT2D eigenvalue weighted by molar-refractivity contribution is 5.00. The van der Waals surface area contributed by atoms with E-state index in [1.54, 1.807) is 0 Å². The van der Waals surface area contributed by atoms with Crippen molar-refractivity contribution in [1.29, 1.82) is 0 Å². The van der Waals surface area contributed by atoms with Crippen molar-refractivity contribution in [2.24, 2.45) is 5.92 Å². The Balaban J connectivity index is 1.59. The minimum Gasteiger partial charge on any atom is -0.443 e. The Hall–Kier alpha value is -0.870. The van der Waals surface area contributed by atoms with Gasteiger partial charge in [-0.15, -0.1) is 0 Å². The van der Waals surface area contributed by atoms with Gasteiger partial charge in [-0.05, 0) is 44.7 Å². The molecule has 0 spiro atoms. The molecule has 0 aliphatic carbocycles. The third kappa shape index (κ3) is 2.69. The number of nitrogens with zero attached hydrogens (tertiary/aromatic N) is 1. The molecule has 2 aliphatic heterocycles. The highest BCUT2D eigenvalue weighted by Gasteiger charge is 2.23. The third-order valence-corrected chi connectivity index (χ3v) is 3.74. The van der Waals surface area contributed by atoms with Crippen LogP contribution in [-0.4, -0.2) is 24.7 Å². The van der Waals surface area contributed by atoms with Gasteiger partial charge in [-0.3, -0.25) is 0 Å². The minimum atomic E-state index is 0.157. The predicted molar refractivity (Wildman–Crippen MR) is 63.7 cm³/mol. The molecule has 1 N–H and O–H groups in total. The van der Waals surface area contributed by atoms with E-state index in [-0.39, 0.29) is 6.10 Å². The summed E-state index contributed by atoms with van der Waals surface area (Å²) < 4.78 is 11.4. The summed E-state index contributed by atoms with van der Waals surface area (Å²) >= 11 is 0. The fraction of sp³-hybridized carbons (Fsp3) is 0.769. The lowest BCUT2D eigenvalue weighted by Gasteiger charge is -2.20.